The maximum absolute atomic E-state index is 4.84. The number of hydrogen-bond donors (Lipinski definition) is 0. The highest BCUT2D eigenvalue weighted by Gasteiger charge is 2.38. The van der Waals surface area contributed by atoms with Gasteiger partial charge in [-0.05, 0) is 29.3 Å². The molecule has 0 spiro atoms. The molecule has 2 aliphatic rings. The fourth-order valence-electron chi connectivity index (χ4n) is 2.11. The van der Waals surface area contributed by atoms with E-state index in [-0.39, 0.29) is 5.41 Å². The molecule has 84 valence electrons. The number of amidine groups is 1. The molecule has 2 heterocycles. The molecule has 0 saturated carbocycles. The number of para-hydroxylation sites is 1. The second-order valence-electron chi connectivity index (χ2n) is 5.47. The Kier molecular flexibility index (Phi) is 2.08. The van der Waals surface area contributed by atoms with Crippen molar-refractivity contribution in [2.24, 2.45) is 10.4 Å². The number of anilines is 1. The average molecular weight is 232 g/mol. The zero-order valence-electron chi connectivity index (χ0n) is 9.90. The second kappa shape index (κ2) is 3.27. The lowest BCUT2D eigenvalue weighted by Crippen LogP contribution is -2.31. The molecular weight excluding hydrogens is 216 g/mol. The molecule has 0 aliphatic carbocycles. The summed E-state index contributed by atoms with van der Waals surface area (Å²) in [4.78, 5) is 8.54. The minimum absolute atomic E-state index is 0.257. The van der Waals surface area contributed by atoms with Crippen molar-refractivity contribution in [2.45, 2.75) is 31.7 Å². The lowest BCUT2D eigenvalue weighted by atomic mass is 9.87. The number of hydrogen-bond acceptors (Lipinski definition) is 3. The Balaban J connectivity index is 1.94. The van der Waals surface area contributed by atoms with Gasteiger partial charge in [0.25, 0.3) is 0 Å². The van der Waals surface area contributed by atoms with E-state index >= 15 is 0 Å². The van der Waals surface area contributed by atoms with Gasteiger partial charge in [-0.3, -0.25) is 4.99 Å². The smallest absolute Gasteiger partial charge is 0.169 e. The van der Waals surface area contributed by atoms with E-state index in [0.29, 0.717) is 6.04 Å². The van der Waals surface area contributed by atoms with Gasteiger partial charge in [0.1, 0.15) is 0 Å². The Bertz CT molecular complexity index is 459. The van der Waals surface area contributed by atoms with Gasteiger partial charge < -0.3 is 4.90 Å². The van der Waals surface area contributed by atoms with E-state index in [9.17, 15) is 0 Å². The molecule has 0 radical (unpaired) electrons. The highest BCUT2D eigenvalue weighted by molar-refractivity contribution is 8.14. The van der Waals surface area contributed by atoms with Gasteiger partial charge in [-0.15, -0.1) is 0 Å². The number of benzene rings is 1. The quantitative estimate of drug-likeness (QED) is 0.681. The molecule has 0 unspecified atom stereocenters. The first kappa shape index (κ1) is 10.2. The Labute approximate surface area is 101 Å². The van der Waals surface area contributed by atoms with Gasteiger partial charge in [0, 0.05) is 11.4 Å². The average Bonchev–Trinajstić information content (AvgIpc) is 2.72. The maximum atomic E-state index is 4.84. The van der Waals surface area contributed by atoms with Crippen LogP contribution in [0.1, 0.15) is 20.8 Å². The maximum Gasteiger partial charge on any atom is 0.169 e. The molecule has 0 saturated heterocycles. The van der Waals surface area contributed by atoms with E-state index in [2.05, 4.69) is 49.9 Å². The van der Waals surface area contributed by atoms with E-state index in [1.165, 1.54) is 15.8 Å². The normalized spacial score (nSPS) is 23.1. The molecule has 0 N–H and O–H groups in total. The van der Waals surface area contributed by atoms with Crippen LogP contribution in [0.15, 0.2) is 34.2 Å². The molecule has 0 aromatic heterocycles. The highest BCUT2D eigenvalue weighted by atomic mass is 32.2. The molecule has 1 aromatic rings. The van der Waals surface area contributed by atoms with Crippen LogP contribution in [-0.4, -0.2) is 17.8 Å². The number of aliphatic imine (C=N–C) groups is 1. The van der Waals surface area contributed by atoms with Gasteiger partial charge in [-0.25, -0.2) is 0 Å². The van der Waals surface area contributed by atoms with Crippen LogP contribution in [-0.2, 0) is 0 Å². The summed E-state index contributed by atoms with van der Waals surface area (Å²) in [6.45, 7) is 7.82. The Morgan fingerprint density at radius 3 is 2.81 bits per heavy atom. The van der Waals surface area contributed by atoms with Crippen LogP contribution in [0.5, 0.6) is 0 Å². The lowest BCUT2D eigenvalue weighted by Gasteiger charge is -2.25. The van der Waals surface area contributed by atoms with E-state index in [1.54, 1.807) is 11.8 Å². The van der Waals surface area contributed by atoms with Crippen molar-refractivity contribution in [1.82, 2.24) is 0 Å². The summed E-state index contributed by atoms with van der Waals surface area (Å²) in [7, 11) is 0. The Morgan fingerprint density at radius 1 is 1.31 bits per heavy atom. The molecule has 2 nitrogen and oxygen atoms in total. The van der Waals surface area contributed by atoms with E-state index < -0.39 is 0 Å². The first-order chi connectivity index (χ1) is 7.55. The van der Waals surface area contributed by atoms with Gasteiger partial charge in [0.2, 0.25) is 0 Å². The van der Waals surface area contributed by atoms with E-state index in [1.807, 2.05) is 0 Å². The molecule has 0 bridgehead atoms. The van der Waals surface area contributed by atoms with Crippen molar-refractivity contribution >= 4 is 22.6 Å². The fourth-order valence-corrected chi connectivity index (χ4v) is 3.20. The minimum atomic E-state index is 0.257. The van der Waals surface area contributed by atoms with Gasteiger partial charge in [0.05, 0.1) is 11.7 Å². The van der Waals surface area contributed by atoms with Crippen molar-refractivity contribution in [1.29, 1.82) is 0 Å². The summed E-state index contributed by atoms with van der Waals surface area (Å²) in [6, 6.07) is 8.98. The number of rotatable bonds is 0. The first-order valence-electron chi connectivity index (χ1n) is 5.68. The first-order valence-corrected chi connectivity index (χ1v) is 6.49. The predicted molar refractivity (Wildman–Crippen MR) is 70.3 cm³/mol. The Morgan fingerprint density at radius 2 is 2.06 bits per heavy atom. The van der Waals surface area contributed by atoms with Crippen molar-refractivity contribution in [3.8, 4) is 0 Å². The molecule has 0 fully saturated rings. The monoisotopic (exact) mass is 232 g/mol. The molecule has 3 heteroatoms. The van der Waals surface area contributed by atoms with Crippen molar-refractivity contribution in [3.05, 3.63) is 24.3 Å². The minimum Gasteiger partial charge on any atom is -0.318 e. The molecule has 3 rings (SSSR count). The van der Waals surface area contributed by atoms with Crippen molar-refractivity contribution in [2.75, 3.05) is 11.4 Å². The summed E-state index contributed by atoms with van der Waals surface area (Å²) >= 11 is 1.80. The number of fused-ring (bicyclic) bond motifs is 3. The predicted octanol–water partition coefficient (Wildman–Crippen LogP) is 3.38. The largest absolute Gasteiger partial charge is 0.318 e. The molecule has 0 amide bonds. The summed E-state index contributed by atoms with van der Waals surface area (Å²) in [5.41, 5.74) is 1.59. The van der Waals surface area contributed by atoms with Crippen LogP contribution < -0.4 is 4.90 Å². The summed E-state index contributed by atoms with van der Waals surface area (Å²) in [6.07, 6.45) is 0. The van der Waals surface area contributed by atoms with E-state index in [4.69, 9.17) is 4.99 Å². The molecular formula is C13H16N2S. The van der Waals surface area contributed by atoms with Gasteiger partial charge >= 0.3 is 0 Å². The zero-order chi connectivity index (χ0) is 11.3. The van der Waals surface area contributed by atoms with Crippen LogP contribution in [0.4, 0.5) is 5.69 Å². The van der Waals surface area contributed by atoms with Gasteiger partial charge in [0.15, 0.2) is 5.17 Å². The molecule has 2 aliphatic heterocycles. The van der Waals surface area contributed by atoms with Gasteiger partial charge in [-0.1, -0.05) is 32.9 Å². The Hall–Kier alpha value is -0.960. The number of thioether (sulfide) groups is 1. The third-order valence-corrected chi connectivity index (χ3v) is 4.28. The van der Waals surface area contributed by atoms with Crippen LogP contribution in [0.2, 0.25) is 0 Å². The molecule has 1 aromatic carbocycles. The second-order valence-corrected chi connectivity index (χ2v) is 6.48. The third kappa shape index (κ3) is 1.46. The van der Waals surface area contributed by atoms with E-state index in [0.717, 1.165) is 6.54 Å². The topological polar surface area (TPSA) is 15.6 Å². The van der Waals surface area contributed by atoms with Gasteiger partial charge in [-0.2, -0.15) is 0 Å². The van der Waals surface area contributed by atoms with Crippen LogP contribution in [0.25, 0.3) is 0 Å². The fraction of sp³-hybridized carbons (Fsp3) is 0.462. The van der Waals surface area contributed by atoms with Crippen molar-refractivity contribution < 1.29 is 0 Å². The standard InChI is InChI=1S/C13H16N2S/c1-13(2,3)11-8-15-9-6-4-5-7-10(9)16-12(15)14-11/h4-7,11H,8H2,1-3H3/t11-/m0/s1. The van der Waals surface area contributed by atoms with Crippen LogP contribution >= 0.6 is 11.8 Å². The summed E-state index contributed by atoms with van der Waals surface area (Å²) in [5.74, 6) is 0. The number of nitrogens with zero attached hydrogens (tertiary/aromatic N) is 2. The molecule has 16 heavy (non-hydrogen) atoms. The summed E-state index contributed by atoms with van der Waals surface area (Å²) < 4.78 is 0. The third-order valence-electron chi connectivity index (χ3n) is 3.21. The van der Waals surface area contributed by atoms with Crippen molar-refractivity contribution in [3.63, 3.8) is 0 Å². The SMILES string of the molecule is CC(C)(C)[C@@H]1CN2C(=N1)Sc1ccccc12. The zero-order valence-corrected chi connectivity index (χ0v) is 10.7. The molecule has 1 atom stereocenters. The van der Waals surface area contributed by atoms with Crippen LogP contribution in [0, 0.1) is 5.41 Å². The lowest BCUT2D eigenvalue weighted by molar-refractivity contribution is 0.337. The van der Waals surface area contributed by atoms with Crippen LogP contribution in [0.3, 0.4) is 0 Å². The summed E-state index contributed by atoms with van der Waals surface area (Å²) in [5, 5.41) is 1.18. The highest BCUT2D eigenvalue weighted by Crippen LogP contribution is 2.44.